The van der Waals surface area contributed by atoms with Crippen LogP contribution in [-0.2, 0) is 0 Å². The molecule has 18 heteroatoms. The number of fused-ring (bicyclic) bond motifs is 3. The van der Waals surface area contributed by atoms with Crippen LogP contribution >= 0.6 is 0 Å². The molecule has 0 amide bonds. The zero-order valence-electron chi connectivity index (χ0n) is 65.9. The summed E-state index contributed by atoms with van der Waals surface area (Å²) in [6, 6.07) is 20.2. The zero-order chi connectivity index (χ0) is 76.8. The Balaban J connectivity index is 1.50. The number of phenolic OH excluding ortho intramolecular Hbond substituents is 6. The van der Waals surface area contributed by atoms with Crippen LogP contribution in [0.1, 0.15) is 273 Å². The lowest BCUT2D eigenvalue weighted by Gasteiger charge is -2.14. The first-order chi connectivity index (χ1) is 52.9. The van der Waals surface area contributed by atoms with Gasteiger partial charge in [-0.15, -0.1) is 0 Å². The van der Waals surface area contributed by atoms with E-state index in [2.05, 4.69) is 41.5 Å². The van der Waals surface area contributed by atoms with Gasteiger partial charge in [0.05, 0.1) is 72.7 Å². The van der Waals surface area contributed by atoms with Gasteiger partial charge in [0.25, 0.3) is 0 Å². The van der Waals surface area contributed by atoms with E-state index in [4.69, 9.17) is 58.3 Å². The van der Waals surface area contributed by atoms with E-state index in [1.807, 2.05) is 0 Å². The molecule has 0 aliphatic carbocycles. The third-order valence-electron chi connectivity index (χ3n) is 19.4. The fourth-order valence-corrected chi connectivity index (χ4v) is 12.6. The van der Waals surface area contributed by atoms with Gasteiger partial charge >= 0.3 is 0 Å². The number of unbranched alkanes of at least 4 members (excludes halogenated alkanes) is 30. The van der Waals surface area contributed by atoms with E-state index in [1.165, 1.54) is 75.7 Å². The van der Waals surface area contributed by atoms with Gasteiger partial charge in [0, 0.05) is 106 Å². The molecule has 108 heavy (non-hydrogen) atoms. The Hall–Kier alpha value is -9.06. The lowest BCUT2D eigenvalue weighted by Crippen LogP contribution is -2.03. The minimum Gasteiger partial charge on any atom is -0.504 e. The smallest absolute Gasteiger partial charge is 0.167 e. The van der Waals surface area contributed by atoms with Crippen LogP contribution in [0.4, 0.5) is 0 Å². The van der Waals surface area contributed by atoms with Crippen molar-refractivity contribution in [3.63, 3.8) is 0 Å². The first-order valence-electron chi connectivity index (χ1n) is 41.1. The highest BCUT2D eigenvalue weighted by Gasteiger charge is 2.16. The van der Waals surface area contributed by atoms with Gasteiger partial charge in [0.2, 0.25) is 0 Å². The quantitative estimate of drug-likeness (QED) is 0.0153. The number of phenols is 6. The van der Waals surface area contributed by atoms with E-state index in [0.29, 0.717) is 107 Å². The standard InChI is InChI=1S/C90H126N6O12/c1-7-13-19-25-31-37-49-103-79-55-73-74(56-80(79)104-50-38-32-26-20-14-8-2)92-62-68-45-46-70(88(100)86(68)98)64-94-77-59-83(107-53-41-35-29-23-17-11-5)84(108-54-42-36-30-24-18-12-6)60-78(77)96-66-72-48-47-71(89(101)90(72)102)65-95-76-58-82(106-52-40-34-28-22-16-10-4)81(105-51-39-33-27-21-15-9-3)57-75(76)93-63-69-44-43-67(61-91-73)85(97)87(69)99/h43-48,55-66,97-102H,7-42,49-54H2,1-6H3. The van der Waals surface area contributed by atoms with Crippen LogP contribution in [-0.4, -0.2) is 100 Å². The fourth-order valence-electron chi connectivity index (χ4n) is 12.6. The predicted octanol–water partition coefficient (Wildman–Crippen LogP) is 24.7. The molecule has 0 saturated carbocycles. The molecule has 10 rings (SSSR count). The van der Waals surface area contributed by atoms with Crippen molar-refractivity contribution in [1.82, 2.24) is 29.9 Å². The Morgan fingerprint density at radius 1 is 0.194 bits per heavy atom. The third kappa shape index (κ3) is 29.5. The average Bonchev–Trinajstić information content (AvgIpc) is 0.816. The molecule has 6 aromatic carbocycles. The van der Waals surface area contributed by atoms with Crippen molar-refractivity contribution in [3.8, 4) is 69.0 Å². The maximum atomic E-state index is 11.8. The second kappa shape index (κ2) is 50.5. The molecule has 4 aromatic heterocycles. The van der Waals surface area contributed by atoms with Crippen molar-refractivity contribution in [1.29, 1.82) is 0 Å². The summed E-state index contributed by atoms with van der Waals surface area (Å²) in [6.07, 6.45) is 47.3. The van der Waals surface area contributed by atoms with Gasteiger partial charge in [-0.3, -0.25) is 29.9 Å². The van der Waals surface area contributed by atoms with E-state index >= 15 is 0 Å². The van der Waals surface area contributed by atoms with Gasteiger partial charge in [0.1, 0.15) is 0 Å². The van der Waals surface area contributed by atoms with Gasteiger partial charge in [-0.05, 0) is 74.9 Å². The highest BCUT2D eigenvalue weighted by atomic mass is 16.5. The van der Waals surface area contributed by atoms with E-state index in [-0.39, 0.29) is 32.3 Å². The molecule has 0 unspecified atom stereocenters. The molecule has 588 valence electrons. The van der Waals surface area contributed by atoms with Crippen LogP contribution in [0.3, 0.4) is 0 Å². The third-order valence-corrected chi connectivity index (χ3v) is 19.4. The lowest BCUT2D eigenvalue weighted by atomic mass is 10.1. The Morgan fingerprint density at radius 3 is 0.463 bits per heavy atom. The molecule has 0 fully saturated rings. The molecule has 6 bridgehead atoms. The number of aromatic hydroxyl groups is 6. The maximum Gasteiger partial charge on any atom is 0.167 e. The second-order valence-electron chi connectivity index (χ2n) is 28.4. The Labute approximate surface area is 642 Å². The van der Waals surface area contributed by atoms with Crippen LogP contribution in [0.5, 0.6) is 69.0 Å². The normalized spacial score (nSPS) is 11.2. The molecular weight excluding hydrogens is 1360 g/mol. The molecule has 0 saturated heterocycles. The van der Waals surface area contributed by atoms with Crippen molar-refractivity contribution in [2.24, 2.45) is 0 Å². The highest BCUT2D eigenvalue weighted by Crippen LogP contribution is 2.39. The molecule has 0 spiro atoms. The summed E-state index contributed by atoms with van der Waals surface area (Å²) in [5.41, 5.74) is 1.93. The first kappa shape index (κ1) is 86.2. The predicted molar refractivity (Wildman–Crippen MR) is 441 cm³/mol. The summed E-state index contributed by atoms with van der Waals surface area (Å²) < 4.78 is 39.2. The van der Waals surface area contributed by atoms with Crippen molar-refractivity contribution in [2.75, 3.05) is 39.6 Å². The van der Waals surface area contributed by atoms with Crippen LogP contribution in [0.25, 0.3) is 65.4 Å². The number of aromatic nitrogens is 6. The van der Waals surface area contributed by atoms with Crippen molar-refractivity contribution in [2.45, 2.75) is 273 Å². The topological polar surface area (TPSA) is 254 Å². The van der Waals surface area contributed by atoms with E-state index in [1.54, 1.807) is 72.8 Å². The number of rotatable bonds is 48. The number of hydrogen-bond donors (Lipinski definition) is 6. The number of nitrogens with zero attached hydrogens (tertiary/aromatic N) is 6. The fraction of sp³-hybridized carbons (Fsp3) is 0.533. The van der Waals surface area contributed by atoms with Crippen molar-refractivity contribution in [3.05, 3.63) is 110 Å². The molecule has 0 atom stereocenters. The van der Waals surface area contributed by atoms with Crippen LogP contribution in [0.2, 0.25) is 0 Å². The SMILES string of the molecule is CCCCCCCCOc1cc2ncc3ccc(cnc4cc(OCCCCCCCC)c(OCCCCCCCC)cc4ncc4ccc(cnc5cc(OCCCCCCCC)c(OCCCCCCCC)cc5ncc5ccc(cnc2cc1OCCCCCCCC)c(O)c5O)c(O)c4O)c(O)c3O. The van der Waals surface area contributed by atoms with Crippen molar-refractivity contribution >= 4 is 65.4 Å². The Bertz CT molecular complexity index is 3510. The molecule has 0 aliphatic heterocycles. The Kier molecular flexibility index (Phi) is 40.3. The number of benzene rings is 6. The highest BCUT2D eigenvalue weighted by molar-refractivity contribution is 5.86. The zero-order valence-corrected chi connectivity index (χ0v) is 65.9. The lowest BCUT2D eigenvalue weighted by molar-refractivity contribution is 0.259. The molecule has 4 heterocycles. The minimum atomic E-state index is -0.461. The van der Waals surface area contributed by atoms with Crippen LogP contribution in [0.15, 0.2) is 110 Å². The average molecular weight is 1480 g/mol. The monoisotopic (exact) mass is 1480 g/mol. The maximum absolute atomic E-state index is 11.8. The molecule has 6 N–H and O–H groups in total. The van der Waals surface area contributed by atoms with Gasteiger partial charge < -0.3 is 59.1 Å². The molecular formula is C90H126N6O12. The second-order valence-corrected chi connectivity index (χ2v) is 28.4. The molecule has 10 aromatic rings. The number of hydrogen-bond acceptors (Lipinski definition) is 18. The summed E-state index contributed by atoms with van der Waals surface area (Å²) >= 11 is 0. The van der Waals surface area contributed by atoms with Gasteiger partial charge in [-0.25, -0.2) is 0 Å². The van der Waals surface area contributed by atoms with Crippen molar-refractivity contribution < 1.29 is 59.1 Å². The summed E-state index contributed by atoms with van der Waals surface area (Å²) in [7, 11) is 0. The van der Waals surface area contributed by atoms with Gasteiger partial charge in [-0.2, -0.15) is 0 Å². The summed E-state index contributed by atoms with van der Waals surface area (Å²) in [5, 5.41) is 72.1. The number of ether oxygens (including phenoxy) is 6. The van der Waals surface area contributed by atoms with Crippen LogP contribution < -0.4 is 28.4 Å². The summed E-state index contributed by atoms with van der Waals surface area (Å²) in [4.78, 5) is 29.4. The molecule has 18 nitrogen and oxygen atoms in total. The Morgan fingerprint density at radius 2 is 0.324 bits per heavy atom. The largest absolute Gasteiger partial charge is 0.504 e. The van der Waals surface area contributed by atoms with E-state index in [0.717, 1.165) is 193 Å². The minimum absolute atomic E-state index is 0.178. The van der Waals surface area contributed by atoms with E-state index < -0.39 is 34.5 Å². The molecule has 0 radical (unpaired) electrons. The summed E-state index contributed by atoms with van der Waals surface area (Å²) in [6.45, 7) is 15.9. The first-order valence-corrected chi connectivity index (χ1v) is 41.1. The van der Waals surface area contributed by atoms with E-state index in [9.17, 15) is 30.6 Å². The van der Waals surface area contributed by atoms with Gasteiger partial charge in [-0.1, -0.05) is 234 Å². The van der Waals surface area contributed by atoms with Crippen LogP contribution in [0, 0.1) is 0 Å². The summed E-state index contributed by atoms with van der Waals surface area (Å²) in [5.74, 6) is 0.0148. The van der Waals surface area contributed by atoms with Gasteiger partial charge in [0.15, 0.2) is 69.0 Å². The molecule has 0 aliphatic rings.